The van der Waals surface area contributed by atoms with Gasteiger partial charge in [-0.25, -0.2) is 4.79 Å². The Kier molecular flexibility index (Phi) is 5.05. The molecule has 1 aliphatic rings. The number of carbonyl (C=O) groups is 1. The van der Waals surface area contributed by atoms with Crippen molar-refractivity contribution in [3.8, 4) is 0 Å². The van der Waals surface area contributed by atoms with Crippen LogP contribution in [0.25, 0.3) is 0 Å². The van der Waals surface area contributed by atoms with E-state index in [0.717, 1.165) is 0 Å². The van der Waals surface area contributed by atoms with Gasteiger partial charge in [0.1, 0.15) is 0 Å². The second kappa shape index (κ2) is 6.64. The second-order valence-electron chi connectivity index (χ2n) is 5.16. The molecule has 1 saturated heterocycles. The summed E-state index contributed by atoms with van der Waals surface area (Å²) in [5.41, 5.74) is 0.550. The van der Waals surface area contributed by atoms with E-state index < -0.39 is 16.2 Å². The standard InChI is InChI=1S/C14H20N2O5S/c1-15(12-5-3-11(4-6-12)14(17)18)22(19,20)16-9-7-13(21-2)8-10-16/h3-6,13H,7-10H2,1-2H3,(H,17,18). The van der Waals surface area contributed by atoms with E-state index in [-0.39, 0.29) is 11.7 Å². The maximum absolute atomic E-state index is 12.6. The number of aromatic carboxylic acids is 1. The first-order chi connectivity index (χ1) is 10.4. The third kappa shape index (κ3) is 3.40. The zero-order chi connectivity index (χ0) is 16.3. The molecule has 22 heavy (non-hydrogen) atoms. The molecule has 1 heterocycles. The third-order valence-electron chi connectivity index (χ3n) is 3.88. The van der Waals surface area contributed by atoms with Gasteiger partial charge in [-0.1, -0.05) is 0 Å². The van der Waals surface area contributed by atoms with Gasteiger partial charge in [-0.05, 0) is 37.1 Å². The SMILES string of the molecule is COC1CCN(S(=O)(=O)N(C)c2ccc(C(=O)O)cc2)CC1. The average Bonchev–Trinajstić information content (AvgIpc) is 2.54. The zero-order valence-corrected chi connectivity index (χ0v) is 13.4. The van der Waals surface area contributed by atoms with E-state index >= 15 is 0 Å². The minimum atomic E-state index is -3.62. The van der Waals surface area contributed by atoms with Crippen LogP contribution in [0.4, 0.5) is 5.69 Å². The van der Waals surface area contributed by atoms with Crippen LogP contribution in [0.5, 0.6) is 0 Å². The van der Waals surface area contributed by atoms with Gasteiger partial charge in [-0.3, -0.25) is 4.31 Å². The fourth-order valence-electron chi connectivity index (χ4n) is 2.42. The summed E-state index contributed by atoms with van der Waals surface area (Å²) in [6, 6.07) is 5.76. The van der Waals surface area contributed by atoms with Crippen molar-refractivity contribution in [3.05, 3.63) is 29.8 Å². The number of hydrogen-bond acceptors (Lipinski definition) is 4. The van der Waals surface area contributed by atoms with Crippen LogP contribution in [0.3, 0.4) is 0 Å². The van der Waals surface area contributed by atoms with Crippen molar-refractivity contribution in [2.24, 2.45) is 0 Å². The molecule has 0 aromatic heterocycles. The van der Waals surface area contributed by atoms with Crippen molar-refractivity contribution in [2.45, 2.75) is 18.9 Å². The van der Waals surface area contributed by atoms with E-state index in [1.165, 1.54) is 39.9 Å². The molecule has 8 heteroatoms. The van der Waals surface area contributed by atoms with Gasteiger partial charge >= 0.3 is 16.2 Å². The van der Waals surface area contributed by atoms with Crippen LogP contribution < -0.4 is 4.31 Å². The number of hydrogen-bond donors (Lipinski definition) is 1. The number of anilines is 1. The first-order valence-electron chi connectivity index (χ1n) is 6.96. The molecule has 0 atom stereocenters. The van der Waals surface area contributed by atoms with Crippen molar-refractivity contribution in [1.29, 1.82) is 0 Å². The van der Waals surface area contributed by atoms with Crippen LogP contribution in [-0.4, -0.2) is 57.1 Å². The highest BCUT2D eigenvalue weighted by molar-refractivity contribution is 7.90. The molecule has 1 aromatic carbocycles. The van der Waals surface area contributed by atoms with Crippen LogP contribution >= 0.6 is 0 Å². The van der Waals surface area contributed by atoms with Gasteiger partial charge in [0, 0.05) is 27.2 Å². The molecule has 0 spiro atoms. The molecular formula is C14H20N2O5S. The average molecular weight is 328 g/mol. The molecule has 0 unspecified atom stereocenters. The molecule has 0 saturated carbocycles. The number of methoxy groups -OCH3 is 1. The summed E-state index contributed by atoms with van der Waals surface area (Å²) >= 11 is 0. The molecule has 0 amide bonds. The summed E-state index contributed by atoms with van der Waals surface area (Å²) in [4.78, 5) is 10.8. The Morgan fingerprint density at radius 3 is 2.27 bits per heavy atom. The Labute approximate surface area is 130 Å². The summed E-state index contributed by atoms with van der Waals surface area (Å²) in [5.74, 6) is -1.04. The first-order valence-corrected chi connectivity index (χ1v) is 8.36. The van der Waals surface area contributed by atoms with E-state index in [1.807, 2.05) is 0 Å². The predicted octanol–water partition coefficient (Wildman–Crippen LogP) is 1.18. The van der Waals surface area contributed by atoms with Crippen LogP contribution in [0.1, 0.15) is 23.2 Å². The molecule has 1 N–H and O–H groups in total. The van der Waals surface area contributed by atoms with Crippen molar-refractivity contribution in [3.63, 3.8) is 0 Å². The minimum Gasteiger partial charge on any atom is -0.478 e. The summed E-state index contributed by atoms with van der Waals surface area (Å²) < 4.78 is 33.0. The smallest absolute Gasteiger partial charge is 0.335 e. The van der Waals surface area contributed by atoms with E-state index in [9.17, 15) is 13.2 Å². The third-order valence-corrected chi connectivity index (χ3v) is 5.81. The summed E-state index contributed by atoms with van der Waals surface area (Å²) in [6.07, 6.45) is 1.44. The fourth-order valence-corrected chi connectivity index (χ4v) is 3.83. The number of piperidine rings is 1. The molecular weight excluding hydrogens is 308 g/mol. The lowest BCUT2D eigenvalue weighted by atomic mass is 10.1. The second-order valence-corrected chi connectivity index (χ2v) is 7.12. The number of ether oxygens (including phenoxy) is 1. The first kappa shape index (κ1) is 16.7. The highest BCUT2D eigenvalue weighted by Gasteiger charge is 2.31. The van der Waals surface area contributed by atoms with Gasteiger partial charge in [0.25, 0.3) is 0 Å². The fraction of sp³-hybridized carbons (Fsp3) is 0.500. The zero-order valence-electron chi connectivity index (χ0n) is 12.6. The van der Waals surface area contributed by atoms with Crippen molar-refractivity contribution in [2.75, 3.05) is 31.6 Å². The van der Waals surface area contributed by atoms with Crippen LogP contribution in [0.2, 0.25) is 0 Å². The van der Waals surface area contributed by atoms with Crippen molar-refractivity contribution >= 4 is 21.9 Å². The molecule has 1 aliphatic heterocycles. The molecule has 1 aromatic rings. The normalized spacial score (nSPS) is 17.4. The lowest BCUT2D eigenvalue weighted by Crippen LogP contribution is -2.47. The number of carboxylic acids is 1. The molecule has 0 radical (unpaired) electrons. The van der Waals surface area contributed by atoms with Crippen LogP contribution in [-0.2, 0) is 14.9 Å². The minimum absolute atomic E-state index is 0.103. The van der Waals surface area contributed by atoms with Gasteiger partial charge in [-0.2, -0.15) is 12.7 Å². The van der Waals surface area contributed by atoms with E-state index in [0.29, 0.717) is 31.6 Å². The number of benzene rings is 1. The lowest BCUT2D eigenvalue weighted by molar-refractivity contribution is 0.0604. The Morgan fingerprint density at radius 2 is 1.82 bits per heavy atom. The quantitative estimate of drug-likeness (QED) is 0.877. The number of rotatable bonds is 5. The van der Waals surface area contributed by atoms with Gasteiger partial charge in [0.15, 0.2) is 0 Å². The molecule has 2 rings (SSSR count). The van der Waals surface area contributed by atoms with Gasteiger partial charge < -0.3 is 9.84 Å². The Bertz CT molecular complexity index is 621. The Morgan fingerprint density at radius 1 is 1.27 bits per heavy atom. The largest absolute Gasteiger partial charge is 0.478 e. The molecule has 0 aliphatic carbocycles. The van der Waals surface area contributed by atoms with Gasteiger partial charge in [0.05, 0.1) is 17.4 Å². The summed E-state index contributed by atoms with van der Waals surface area (Å²) in [5, 5.41) is 8.87. The molecule has 1 fully saturated rings. The van der Waals surface area contributed by atoms with E-state index in [1.54, 1.807) is 7.11 Å². The molecule has 7 nitrogen and oxygen atoms in total. The molecule has 122 valence electrons. The highest BCUT2D eigenvalue weighted by Crippen LogP contribution is 2.23. The van der Waals surface area contributed by atoms with Crippen LogP contribution in [0, 0.1) is 0 Å². The maximum Gasteiger partial charge on any atom is 0.335 e. The predicted molar refractivity (Wildman–Crippen MR) is 82.3 cm³/mol. The summed E-state index contributed by atoms with van der Waals surface area (Å²) in [6.45, 7) is 0.830. The van der Waals surface area contributed by atoms with E-state index in [2.05, 4.69) is 0 Å². The Balaban J connectivity index is 2.13. The van der Waals surface area contributed by atoms with Crippen molar-refractivity contribution in [1.82, 2.24) is 4.31 Å². The van der Waals surface area contributed by atoms with Crippen LogP contribution in [0.15, 0.2) is 24.3 Å². The number of nitrogens with zero attached hydrogens (tertiary/aromatic N) is 2. The Hall–Kier alpha value is -1.64. The monoisotopic (exact) mass is 328 g/mol. The van der Waals surface area contributed by atoms with Gasteiger partial charge in [0.2, 0.25) is 0 Å². The van der Waals surface area contributed by atoms with Crippen molar-refractivity contribution < 1.29 is 23.1 Å². The maximum atomic E-state index is 12.6. The van der Waals surface area contributed by atoms with Gasteiger partial charge in [-0.15, -0.1) is 0 Å². The van der Waals surface area contributed by atoms with E-state index in [4.69, 9.17) is 9.84 Å². The highest BCUT2D eigenvalue weighted by atomic mass is 32.2. The number of carboxylic acid groups (broad SMARTS) is 1. The molecule has 0 bridgehead atoms. The lowest BCUT2D eigenvalue weighted by Gasteiger charge is -2.33. The topological polar surface area (TPSA) is 87.2 Å². The summed E-state index contributed by atoms with van der Waals surface area (Å²) in [7, 11) is -0.520.